The molecule has 0 unspecified atom stereocenters. The van der Waals surface area contributed by atoms with E-state index in [0.29, 0.717) is 23.4 Å². The molecule has 2 N–H and O–H groups in total. The molecule has 0 bridgehead atoms. The van der Waals surface area contributed by atoms with Gasteiger partial charge in [-0.2, -0.15) is 0 Å². The molecule has 0 saturated carbocycles. The van der Waals surface area contributed by atoms with Crippen molar-refractivity contribution in [3.8, 4) is 17.6 Å². The first-order valence-corrected chi connectivity index (χ1v) is 9.95. The topological polar surface area (TPSA) is 101 Å². The van der Waals surface area contributed by atoms with Gasteiger partial charge in [-0.05, 0) is 42.0 Å². The molecule has 3 heterocycles. The van der Waals surface area contributed by atoms with Crippen LogP contribution in [0.5, 0.6) is 5.75 Å². The summed E-state index contributed by atoms with van der Waals surface area (Å²) in [4.78, 5) is 43.5. The van der Waals surface area contributed by atoms with E-state index in [-0.39, 0.29) is 12.5 Å². The smallest absolute Gasteiger partial charge is 0.323 e. The van der Waals surface area contributed by atoms with Crippen molar-refractivity contribution in [2.24, 2.45) is 0 Å². The van der Waals surface area contributed by atoms with Gasteiger partial charge in [0.25, 0.3) is 11.8 Å². The normalized spacial score (nSPS) is 19.3. The van der Waals surface area contributed by atoms with Gasteiger partial charge in [0.1, 0.15) is 5.75 Å². The Morgan fingerprint density at radius 3 is 2.81 bits per heavy atom. The van der Waals surface area contributed by atoms with Crippen LogP contribution in [0.15, 0.2) is 54.7 Å². The number of benzene rings is 2. The third-order valence-electron chi connectivity index (χ3n) is 5.59. The lowest BCUT2D eigenvalue weighted by atomic mass is 9.99. The molecule has 2 aromatic carbocycles. The Balaban J connectivity index is 1.47. The van der Waals surface area contributed by atoms with Crippen molar-refractivity contribution in [1.29, 1.82) is 0 Å². The Morgan fingerprint density at radius 2 is 2.03 bits per heavy atom. The summed E-state index contributed by atoms with van der Waals surface area (Å²) in [6, 6.07) is 13.9. The monoisotopic (exact) mass is 426 g/mol. The molecule has 0 radical (unpaired) electrons. The molecule has 2 aliphatic rings. The van der Waals surface area contributed by atoms with Crippen molar-refractivity contribution < 1.29 is 19.1 Å². The lowest BCUT2D eigenvalue weighted by Crippen LogP contribution is -2.54. The first-order chi connectivity index (χ1) is 15.5. The molecule has 3 aromatic rings. The van der Waals surface area contributed by atoms with Gasteiger partial charge in [-0.25, -0.2) is 4.79 Å². The lowest BCUT2D eigenvalue weighted by Gasteiger charge is -2.26. The number of aromatic nitrogens is 1. The molecular formula is C24H18N4O4. The third kappa shape index (κ3) is 3.30. The van der Waals surface area contributed by atoms with Crippen molar-refractivity contribution in [1.82, 2.24) is 20.5 Å². The zero-order valence-electron chi connectivity index (χ0n) is 17.1. The predicted molar refractivity (Wildman–Crippen MR) is 116 cm³/mol. The number of hydrogen-bond acceptors (Lipinski definition) is 5. The summed E-state index contributed by atoms with van der Waals surface area (Å²) < 4.78 is 5.21. The van der Waals surface area contributed by atoms with Crippen molar-refractivity contribution >= 4 is 28.7 Å². The zero-order chi connectivity index (χ0) is 22.3. The van der Waals surface area contributed by atoms with E-state index in [0.717, 1.165) is 16.5 Å². The second-order valence-electron chi connectivity index (χ2n) is 7.66. The number of ether oxygens (including phenoxy) is 1. The number of imide groups is 1. The van der Waals surface area contributed by atoms with Crippen LogP contribution < -0.4 is 15.4 Å². The molecule has 2 aliphatic heterocycles. The predicted octanol–water partition coefficient (Wildman–Crippen LogP) is 1.83. The molecule has 1 fully saturated rings. The molecule has 158 valence electrons. The Morgan fingerprint density at radius 1 is 1.16 bits per heavy atom. The van der Waals surface area contributed by atoms with Crippen LogP contribution in [0.3, 0.4) is 0 Å². The number of pyridine rings is 1. The summed E-state index contributed by atoms with van der Waals surface area (Å²) in [5.74, 6) is 5.65. The average Bonchev–Trinajstić information content (AvgIpc) is 3.26. The van der Waals surface area contributed by atoms with Crippen LogP contribution >= 0.6 is 0 Å². The quantitative estimate of drug-likeness (QED) is 0.492. The first kappa shape index (κ1) is 19.6. The summed E-state index contributed by atoms with van der Waals surface area (Å²) in [5, 5.41) is 5.77. The summed E-state index contributed by atoms with van der Waals surface area (Å²) in [6.07, 6.45) is 1.71. The number of urea groups is 1. The van der Waals surface area contributed by atoms with Gasteiger partial charge in [0.15, 0.2) is 0 Å². The van der Waals surface area contributed by atoms with Crippen molar-refractivity contribution in [2.75, 3.05) is 13.7 Å². The highest BCUT2D eigenvalue weighted by Crippen LogP contribution is 2.28. The average molecular weight is 426 g/mol. The van der Waals surface area contributed by atoms with Gasteiger partial charge >= 0.3 is 6.03 Å². The van der Waals surface area contributed by atoms with E-state index in [1.54, 1.807) is 24.4 Å². The minimum absolute atomic E-state index is 0.0808. The second-order valence-corrected chi connectivity index (χ2v) is 7.66. The number of carbonyl (C=O) groups excluding carboxylic acids is 3. The fraction of sp³-hybridized carbons (Fsp3) is 0.167. The minimum atomic E-state index is -1.55. The van der Waals surface area contributed by atoms with E-state index < -0.39 is 17.5 Å². The number of methoxy groups -OCH3 is 1. The summed E-state index contributed by atoms with van der Waals surface area (Å²) in [7, 11) is 1.53. The van der Waals surface area contributed by atoms with Crippen LogP contribution in [0.1, 0.15) is 21.5 Å². The third-order valence-corrected chi connectivity index (χ3v) is 5.59. The van der Waals surface area contributed by atoms with Gasteiger partial charge in [-0.1, -0.05) is 24.0 Å². The van der Waals surface area contributed by atoms with Gasteiger partial charge in [0, 0.05) is 29.3 Å². The van der Waals surface area contributed by atoms with Crippen LogP contribution in [-0.4, -0.2) is 46.9 Å². The molecule has 32 heavy (non-hydrogen) atoms. The van der Waals surface area contributed by atoms with Gasteiger partial charge in [0.05, 0.1) is 19.2 Å². The fourth-order valence-corrected chi connectivity index (χ4v) is 3.94. The number of nitrogens with zero attached hydrogens (tertiary/aromatic N) is 2. The van der Waals surface area contributed by atoms with Crippen LogP contribution in [0.25, 0.3) is 10.9 Å². The molecular weight excluding hydrogens is 408 g/mol. The van der Waals surface area contributed by atoms with E-state index in [9.17, 15) is 14.4 Å². The summed E-state index contributed by atoms with van der Waals surface area (Å²) >= 11 is 0. The Bertz CT molecular complexity index is 1360. The van der Waals surface area contributed by atoms with Crippen LogP contribution in [0.4, 0.5) is 4.79 Å². The van der Waals surface area contributed by atoms with Gasteiger partial charge in [-0.15, -0.1) is 0 Å². The number of rotatable bonds is 3. The Kier molecular flexibility index (Phi) is 4.52. The number of amides is 4. The SMILES string of the molecule is COc1ccc2c(c1)C(=O)N(C[C@@]1(C#Cc3ccc4ncccc4c3)NC(=O)NC1=O)C2. The fourth-order valence-electron chi connectivity index (χ4n) is 3.94. The summed E-state index contributed by atoms with van der Waals surface area (Å²) in [6.45, 7) is 0.231. The van der Waals surface area contributed by atoms with Gasteiger partial charge in [-0.3, -0.25) is 19.9 Å². The zero-order valence-corrected chi connectivity index (χ0v) is 17.1. The van der Waals surface area contributed by atoms with Crippen LogP contribution in [0, 0.1) is 11.8 Å². The minimum Gasteiger partial charge on any atom is -0.497 e. The molecule has 5 rings (SSSR count). The van der Waals surface area contributed by atoms with E-state index in [1.807, 2.05) is 30.3 Å². The highest BCUT2D eigenvalue weighted by Gasteiger charge is 2.48. The lowest BCUT2D eigenvalue weighted by molar-refractivity contribution is -0.122. The molecule has 0 spiro atoms. The number of nitrogens with one attached hydrogen (secondary N) is 2. The van der Waals surface area contributed by atoms with Crippen molar-refractivity contribution in [2.45, 2.75) is 12.1 Å². The highest BCUT2D eigenvalue weighted by atomic mass is 16.5. The van der Waals surface area contributed by atoms with Crippen LogP contribution in [0.2, 0.25) is 0 Å². The number of carbonyl (C=O) groups is 3. The first-order valence-electron chi connectivity index (χ1n) is 9.95. The molecule has 8 nitrogen and oxygen atoms in total. The summed E-state index contributed by atoms with van der Waals surface area (Å²) in [5.41, 5.74) is 1.28. The van der Waals surface area contributed by atoms with Crippen molar-refractivity contribution in [3.05, 3.63) is 71.4 Å². The maximum absolute atomic E-state index is 13.0. The second kappa shape index (κ2) is 7.39. The van der Waals surface area contributed by atoms with E-state index >= 15 is 0 Å². The largest absolute Gasteiger partial charge is 0.497 e. The van der Waals surface area contributed by atoms with E-state index in [2.05, 4.69) is 27.5 Å². The maximum Gasteiger partial charge on any atom is 0.323 e. The molecule has 8 heteroatoms. The van der Waals surface area contributed by atoms with Gasteiger partial charge in [0.2, 0.25) is 5.54 Å². The highest BCUT2D eigenvalue weighted by molar-refractivity contribution is 6.10. The maximum atomic E-state index is 13.0. The molecule has 1 atom stereocenters. The standard InChI is InChI=1S/C24H18N4O4/c1-32-18-6-5-17-13-28(21(29)19(17)12-18)14-24(22(30)26-23(31)27-24)9-8-15-4-7-20-16(11-15)3-2-10-25-20/h2-7,10-12H,13-14H2,1H3,(H2,26,27,30,31)/t24-/m1/s1. The van der Waals surface area contributed by atoms with E-state index in [1.165, 1.54) is 12.0 Å². The van der Waals surface area contributed by atoms with Crippen molar-refractivity contribution in [3.63, 3.8) is 0 Å². The number of hydrogen-bond donors (Lipinski definition) is 2. The molecule has 0 aliphatic carbocycles. The van der Waals surface area contributed by atoms with E-state index in [4.69, 9.17) is 4.74 Å². The Hall–Kier alpha value is -4.38. The molecule has 1 saturated heterocycles. The molecule has 4 amide bonds. The van der Waals surface area contributed by atoms with Crippen LogP contribution in [-0.2, 0) is 11.3 Å². The Labute approximate surface area is 183 Å². The molecule has 1 aromatic heterocycles. The van der Waals surface area contributed by atoms with Gasteiger partial charge < -0.3 is 15.0 Å². The number of fused-ring (bicyclic) bond motifs is 2.